The van der Waals surface area contributed by atoms with Gasteiger partial charge in [-0.3, -0.25) is 9.69 Å². The van der Waals surface area contributed by atoms with Gasteiger partial charge in [0.2, 0.25) is 0 Å². The quantitative estimate of drug-likeness (QED) is 0.486. The van der Waals surface area contributed by atoms with Crippen LogP contribution in [0.2, 0.25) is 0 Å². The van der Waals surface area contributed by atoms with E-state index in [9.17, 15) is 4.79 Å². The number of fused-ring (bicyclic) bond motifs is 5. The number of para-hydroxylation sites is 1. The minimum Gasteiger partial charge on any atom is -0.453 e. The number of nitrogens with one attached hydrogen (secondary N) is 1. The summed E-state index contributed by atoms with van der Waals surface area (Å²) in [5, 5.41) is 2.48. The van der Waals surface area contributed by atoms with Gasteiger partial charge in [0, 0.05) is 49.1 Å². The molecule has 0 unspecified atom stereocenters. The van der Waals surface area contributed by atoms with Crippen LogP contribution in [0.3, 0.4) is 0 Å². The maximum atomic E-state index is 12.6. The summed E-state index contributed by atoms with van der Waals surface area (Å²) < 4.78 is 6.39. The Morgan fingerprint density at radius 3 is 2.07 bits per heavy atom. The third kappa shape index (κ3) is 4.12. The molecule has 158 valence electrons. The summed E-state index contributed by atoms with van der Waals surface area (Å²) in [5.74, 6) is 0. The van der Waals surface area contributed by atoms with Crippen molar-refractivity contribution in [2.45, 2.75) is 6.54 Å². The molecule has 0 atom stereocenters. The van der Waals surface area contributed by atoms with E-state index < -0.39 is 0 Å². The molecule has 2 aromatic heterocycles. The standard InChI is InChI=1S/C24H30N4O2/c1-26(2)12-14-28(15-13-27(3)4)16-17-8-7-11-20-21-23(30-22(17)20)18-9-5-6-10-19(18)24(29)25-21/h5-11H,12-16H2,1-4H3,(H,25,29). The van der Waals surface area contributed by atoms with Gasteiger partial charge in [0.1, 0.15) is 5.58 Å². The molecule has 0 amide bonds. The molecule has 6 nitrogen and oxygen atoms in total. The number of nitrogens with zero attached hydrogens (tertiary/aromatic N) is 3. The van der Waals surface area contributed by atoms with Crippen molar-refractivity contribution in [3.63, 3.8) is 0 Å². The van der Waals surface area contributed by atoms with Gasteiger partial charge in [0.05, 0.1) is 10.9 Å². The molecule has 30 heavy (non-hydrogen) atoms. The average molecular weight is 407 g/mol. The summed E-state index contributed by atoms with van der Waals surface area (Å²) in [6, 6.07) is 13.8. The monoisotopic (exact) mass is 406 g/mol. The van der Waals surface area contributed by atoms with Gasteiger partial charge in [-0.2, -0.15) is 0 Å². The molecule has 6 heteroatoms. The Morgan fingerprint density at radius 1 is 0.767 bits per heavy atom. The Morgan fingerprint density at radius 2 is 1.40 bits per heavy atom. The number of aromatic amines is 1. The van der Waals surface area contributed by atoms with Crippen LogP contribution in [0.15, 0.2) is 51.7 Å². The van der Waals surface area contributed by atoms with Gasteiger partial charge in [-0.15, -0.1) is 0 Å². The van der Waals surface area contributed by atoms with E-state index in [1.54, 1.807) is 0 Å². The molecular weight excluding hydrogens is 376 g/mol. The normalized spacial score (nSPS) is 12.4. The van der Waals surface area contributed by atoms with E-state index in [0.29, 0.717) is 5.39 Å². The van der Waals surface area contributed by atoms with Crippen molar-refractivity contribution in [1.29, 1.82) is 0 Å². The molecule has 2 heterocycles. The van der Waals surface area contributed by atoms with Crippen LogP contribution in [-0.4, -0.2) is 74.1 Å². The van der Waals surface area contributed by atoms with Crippen LogP contribution in [0.5, 0.6) is 0 Å². The Hall–Kier alpha value is -2.67. The molecular formula is C24H30N4O2. The molecule has 0 saturated heterocycles. The number of H-pyrrole nitrogens is 1. The number of likely N-dealkylation sites (N-methyl/N-ethyl adjacent to an activating group) is 2. The molecule has 0 aliphatic rings. The van der Waals surface area contributed by atoms with E-state index >= 15 is 0 Å². The molecule has 0 bridgehead atoms. The SMILES string of the molecule is CN(C)CCN(CCN(C)C)Cc1cccc2c1oc1c3ccccc3c(=O)[nH]c21. The zero-order valence-electron chi connectivity index (χ0n) is 18.2. The summed E-state index contributed by atoms with van der Waals surface area (Å²) >= 11 is 0. The lowest BCUT2D eigenvalue weighted by Crippen LogP contribution is -2.36. The number of hydrogen-bond acceptors (Lipinski definition) is 5. The second kappa shape index (κ2) is 8.60. The smallest absolute Gasteiger partial charge is 0.256 e. The van der Waals surface area contributed by atoms with Crippen molar-refractivity contribution in [3.05, 3.63) is 58.4 Å². The third-order valence-electron chi connectivity index (χ3n) is 5.57. The van der Waals surface area contributed by atoms with Crippen molar-refractivity contribution < 1.29 is 4.42 Å². The first-order valence-electron chi connectivity index (χ1n) is 10.4. The zero-order valence-corrected chi connectivity index (χ0v) is 18.2. The van der Waals surface area contributed by atoms with Crippen LogP contribution in [0.1, 0.15) is 5.56 Å². The Labute approximate surface area is 176 Å². The van der Waals surface area contributed by atoms with E-state index in [-0.39, 0.29) is 5.56 Å². The van der Waals surface area contributed by atoms with Crippen LogP contribution in [-0.2, 0) is 6.54 Å². The van der Waals surface area contributed by atoms with E-state index in [4.69, 9.17) is 4.42 Å². The van der Waals surface area contributed by atoms with Gasteiger partial charge in [0.25, 0.3) is 5.56 Å². The molecule has 0 spiro atoms. The summed E-state index contributed by atoms with van der Waals surface area (Å²) in [4.78, 5) is 22.5. The Bertz CT molecular complexity index is 1210. The molecule has 0 saturated carbocycles. The summed E-state index contributed by atoms with van der Waals surface area (Å²) in [6.07, 6.45) is 0. The third-order valence-corrected chi connectivity index (χ3v) is 5.57. The highest BCUT2D eigenvalue weighted by Gasteiger charge is 2.17. The van der Waals surface area contributed by atoms with E-state index in [1.807, 2.05) is 30.3 Å². The van der Waals surface area contributed by atoms with Crippen molar-refractivity contribution in [2.75, 3.05) is 54.4 Å². The molecule has 0 aliphatic carbocycles. The number of rotatable bonds is 8. The molecule has 4 aromatic rings. The lowest BCUT2D eigenvalue weighted by atomic mass is 10.1. The van der Waals surface area contributed by atoms with Crippen molar-refractivity contribution >= 4 is 32.8 Å². The fraction of sp³-hybridized carbons (Fsp3) is 0.375. The highest BCUT2D eigenvalue weighted by molar-refractivity contribution is 6.12. The number of furan rings is 1. The molecule has 4 rings (SSSR count). The lowest BCUT2D eigenvalue weighted by molar-refractivity contribution is 0.212. The van der Waals surface area contributed by atoms with Gasteiger partial charge in [-0.25, -0.2) is 0 Å². The van der Waals surface area contributed by atoms with Crippen LogP contribution in [0, 0.1) is 0 Å². The average Bonchev–Trinajstić information content (AvgIpc) is 3.10. The van der Waals surface area contributed by atoms with Crippen LogP contribution >= 0.6 is 0 Å². The summed E-state index contributed by atoms with van der Waals surface area (Å²) in [7, 11) is 8.41. The van der Waals surface area contributed by atoms with Crippen molar-refractivity contribution in [2.24, 2.45) is 0 Å². The van der Waals surface area contributed by atoms with Crippen molar-refractivity contribution in [3.8, 4) is 0 Å². The summed E-state index contributed by atoms with van der Waals surface area (Å²) in [5.41, 5.74) is 3.46. The van der Waals surface area contributed by atoms with Gasteiger partial charge >= 0.3 is 0 Å². The fourth-order valence-electron chi connectivity index (χ4n) is 3.87. The maximum Gasteiger partial charge on any atom is 0.256 e. The number of hydrogen-bond donors (Lipinski definition) is 1. The van der Waals surface area contributed by atoms with Gasteiger partial charge < -0.3 is 19.2 Å². The van der Waals surface area contributed by atoms with Gasteiger partial charge in [-0.05, 0) is 40.3 Å². The number of aromatic nitrogens is 1. The first-order valence-corrected chi connectivity index (χ1v) is 10.4. The zero-order chi connectivity index (χ0) is 21.3. The van der Waals surface area contributed by atoms with Crippen molar-refractivity contribution in [1.82, 2.24) is 19.7 Å². The van der Waals surface area contributed by atoms with E-state index in [2.05, 4.69) is 60.0 Å². The molecule has 2 aromatic carbocycles. The fourth-order valence-corrected chi connectivity index (χ4v) is 3.87. The van der Waals surface area contributed by atoms with Gasteiger partial charge in [-0.1, -0.05) is 30.3 Å². The summed E-state index contributed by atoms with van der Waals surface area (Å²) in [6.45, 7) is 4.78. The minimum absolute atomic E-state index is 0.0789. The minimum atomic E-state index is -0.0789. The molecule has 1 N–H and O–H groups in total. The Balaban J connectivity index is 1.77. The second-order valence-electron chi connectivity index (χ2n) is 8.48. The highest BCUT2D eigenvalue weighted by Crippen LogP contribution is 2.33. The maximum absolute atomic E-state index is 12.6. The van der Waals surface area contributed by atoms with Crippen LogP contribution in [0.25, 0.3) is 32.8 Å². The van der Waals surface area contributed by atoms with Crippen LogP contribution in [0.4, 0.5) is 0 Å². The largest absolute Gasteiger partial charge is 0.453 e. The second-order valence-corrected chi connectivity index (χ2v) is 8.48. The van der Waals surface area contributed by atoms with Gasteiger partial charge in [0.15, 0.2) is 5.58 Å². The molecule has 0 fully saturated rings. The predicted octanol–water partition coefficient (Wildman–Crippen LogP) is 3.35. The lowest BCUT2D eigenvalue weighted by Gasteiger charge is -2.25. The first-order chi connectivity index (χ1) is 14.4. The topological polar surface area (TPSA) is 55.7 Å². The highest BCUT2D eigenvalue weighted by atomic mass is 16.3. The molecule has 0 radical (unpaired) electrons. The van der Waals surface area contributed by atoms with E-state index in [1.165, 1.54) is 0 Å². The van der Waals surface area contributed by atoms with Crippen LogP contribution < -0.4 is 5.56 Å². The first kappa shape index (κ1) is 20.6. The predicted molar refractivity (Wildman–Crippen MR) is 124 cm³/mol. The number of pyridine rings is 1. The Kier molecular flexibility index (Phi) is 5.90. The molecule has 0 aliphatic heterocycles. The van der Waals surface area contributed by atoms with E-state index in [0.717, 1.165) is 65.7 Å². The number of benzene rings is 2.